The van der Waals surface area contributed by atoms with E-state index in [2.05, 4.69) is 15.5 Å². The third-order valence-corrected chi connectivity index (χ3v) is 3.41. The van der Waals surface area contributed by atoms with Gasteiger partial charge in [-0.05, 0) is 31.5 Å². The Morgan fingerprint density at radius 1 is 1.47 bits per heavy atom. The van der Waals surface area contributed by atoms with Crippen LogP contribution in [0.3, 0.4) is 0 Å². The number of nitrogens with zero attached hydrogens (tertiary/aromatic N) is 2. The summed E-state index contributed by atoms with van der Waals surface area (Å²) in [6.07, 6.45) is 1.39. The summed E-state index contributed by atoms with van der Waals surface area (Å²) in [5, 5.41) is 4.63. The van der Waals surface area contributed by atoms with Crippen molar-refractivity contribution in [1.29, 1.82) is 0 Å². The van der Waals surface area contributed by atoms with Gasteiger partial charge in [0.05, 0.1) is 16.9 Å². The van der Waals surface area contributed by atoms with Crippen LogP contribution in [0.5, 0.6) is 0 Å². The molecule has 1 N–H and O–H groups in total. The van der Waals surface area contributed by atoms with Gasteiger partial charge in [0.2, 0.25) is 0 Å². The number of hydrazone groups is 1. The molecular weight excluding hydrogens is 265 g/mol. The highest BCUT2D eigenvalue weighted by Crippen LogP contribution is 2.16. The maximum Gasteiger partial charge on any atom is 0.283 e. The number of amides is 1. The first kappa shape index (κ1) is 13.4. The van der Waals surface area contributed by atoms with E-state index >= 15 is 0 Å². The highest BCUT2D eigenvalue weighted by Gasteiger charge is 2.12. The van der Waals surface area contributed by atoms with Crippen molar-refractivity contribution in [3.05, 3.63) is 51.2 Å². The lowest BCUT2D eigenvalue weighted by atomic mass is 10.2. The Hall–Kier alpha value is -2.08. The molecule has 0 unspecified atom stereocenters. The molecule has 0 fully saturated rings. The first-order chi connectivity index (χ1) is 9.06. The molecule has 0 bridgehead atoms. The summed E-state index contributed by atoms with van der Waals surface area (Å²) in [7, 11) is 0. The van der Waals surface area contributed by atoms with E-state index < -0.39 is 0 Å². The molecule has 0 aliphatic carbocycles. The number of aryl methyl sites for hydroxylation is 2. The van der Waals surface area contributed by atoms with Crippen LogP contribution in [0.25, 0.3) is 0 Å². The van der Waals surface area contributed by atoms with Crippen LogP contribution in [0, 0.1) is 19.7 Å². The van der Waals surface area contributed by atoms with E-state index in [1.54, 1.807) is 19.1 Å². The number of halogens is 1. The Kier molecular flexibility index (Phi) is 4.01. The van der Waals surface area contributed by atoms with Gasteiger partial charge < -0.3 is 0 Å². The molecule has 0 aliphatic rings. The van der Waals surface area contributed by atoms with Crippen LogP contribution < -0.4 is 5.43 Å². The van der Waals surface area contributed by atoms with Crippen molar-refractivity contribution in [3.8, 4) is 0 Å². The summed E-state index contributed by atoms with van der Waals surface area (Å²) < 4.78 is 12.9. The average molecular weight is 277 g/mol. The van der Waals surface area contributed by atoms with Crippen LogP contribution in [-0.2, 0) is 0 Å². The predicted octanol–water partition coefficient (Wildman–Crippen LogP) is 2.66. The molecular formula is C13H12FN3OS. The third kappa shape index (κ3) is 3.45. The Labute approximate surface area is 114 Å². The Bertz CT molecular complexity index is 637. The van der Waals surface area contributed by atoms with Gasteiger partial charge in [-0.1, -0.05) is 12.1 Å². The van der Waals surface area contributed by atoms with Gasteiger partial charge in [-0.2, -0.15) is 5.10 Å². The molecule has 1 amide bonds. The highest BCUT2D eigenvalue weighted by atomic mass is 32.1. The van der Waals surface area contributed by atoms with Crippen molar-refractivity contribution in [2.75, 3.05) is 0 Å². The van der Waals surface area contributed by atoms with Crippen LogP contribution in [0.4, 0.5) is 4.39 Å². The van der Waals surface area contributed by atoms with E-state index in [0.29, 0.717) is 16.1 Å². The number of carbonyl (C=O) groups excluding carboxylic acids is 1. The number of aromatic nitrogens is 1. The largest absolute Gasteiger partial charge is 0.283 e. The lowest BCUT2D eigenvalue weighted by Gasteiger charge is -1.97. The molecule has 0 aliphatic heterocycles. The summed E-state index contributed by atoms with van der Waals surface area (Å²) >= 11 is 1.31. The fourth-order valence-corrected chi connectivity index (χ4v) is 2.35. The topological polar surface area (TPSA) is 54.4 Å². The van der Waals surface area contributed by atoms with Gasteiger partial charge in [0, 0.05) is 0 Å². The monoisotopic (exact) mass is 277 g/mol. The SMILES string of the molecule is Cc1nc(C)c(C(=O)N/N=C/c2cccc(F)c2)s1. The van der Waals surface area contributed by atoms with E-state index in [1.807, 2.05) is 6.92 Å². The van der Waals surface area contributed by atoms with E-state index in [1.165, 1.54) is 29.7 Å². The summed E-state index contributed by atoms with van der Waals surface area (Å²) in [5.41, 5.74) is 3.66. The number of thiazole rings is 1. The predicted molar refractivity (Wildman–Crippen MR) is 73.0 cm³/mol. The molecule has 0 atom stereocenters. The number of hydrogen-bond donors (Lipinski definition) is 1. The number of carbonyl (C=O) groups is 1. The maximum absolute atomic E-state index is 12.9. The minimum absolute atomic E-state index is 0.309. The van der Waals surface area contributed by atoms with Crippen LogP contribution in [0.2, 0.25) is 0 Å². The molecule has 98 valence electrons. The molecule has 2 rings (SSSR count). The highest BCUT2D eigenvalue weighted by molar-refractivity contribution is 7.13. The summed E-state index contributed by atoms with van der Waals surface area (Å²) in [6.45, 7) is 3.61. The van der Waals surface area contributed by atoms with Crippen molar-refractivity contribution in [2.45, 2.75) is 13.8 Å². The summed E-state index contributed by atoms with van der Waals surface area (Å²) in [5.74, 6) is -0.653. The van der Waals surface area contributed by atoms with Crippen LogP contribution in [0.1, 0.15) is 25.9 Å². The summed E-state index contributed by atoms with van der Waals surface area (Å²) in [6, 6.07) is 5.95. The van der Waals surface area contributed by atoms with Gasteiger partial charge in [-0.3, -0.25) is 4.79 Å². The van der Waals surface area contributed by atoms with E-state index in [9.17, 15) is 9.18 Å². The van der Waals surface area contributed by atoms with Crippen molar-refractivity contribution >= 4 is 23.5 Å². The van der Waals surface area contributed by atoms with Gasteiger partial charge in [0.1, 0.15) is 10.7 Å². The normalized spacial score (nSPS) is 10.9. The second-order valence-electron chi connectivity index (χ2n) is 3.90. The van der Waals surface area contributed by atoms with Gasteiger partial charge >= 0.3 is 0 Å². The number of benzene rings is 1. The molecule has 0 radical (unpaired) electrons. The molecule has 2 aromatic rings. The van der Waals surface area contributed by atoms with E-state index in [-0.39, 0.29) is 11.7 Å². The Morgan fingerprint density at radius 3 is 2.89 bits per heavy atom. The molecule has 19 heavy (non-hydrogen) atoms. The molecule has 1 heterocycles. The first-order valence-corrected chi connectivity index (χ1v) is 6.41. The molecule has 1 aromatic carbocycles. The standard InChI is InChI=1S/C13H12FN3OS/c1-8-12(19-9(2)16-8)13(18)17-15-7-10-4-3-5-11(14)6-10/h3-7H,1-2H3,(H,17,18)/b15-7+. The second kappa shape index (κ2) is 5.71. The molecule has 0 spiro atoms. The molecule has 0 saturated carbocycles. The average Bonchev–Trinajstić information content (AvgIpc) is 2.68. The minimum Gasteiger partial charge on any atom is -0.266 e. The first-order valence-electron chi connectivity index (χ1n) is 5.59. The molecule has 6 heteroatoms. The quantitative estimate of drug-likeness (QED) is 0.692. The minimum atomic E-state index is -0.343. The van der Waals surface area contributed by atoms with Gasteiger partial charge in [-0.25, -0.2) is 14.8 Å². The fraction of sp³-hybridized carbons (Fsp3) is 0.154. The summed E-state index contributed by atoms with van der Waals surface area (Å²) in [4.78, 5) is 16.5. The van der Waals surface area contributed by atoms with Crippen molar-refractivity contribution in [2.24, 2.45) is 5.10 Å². The van der Waals surface area contributed by atoms with Crippen LogP contribution >= 0.6 is 11.3 Å². The van der Waals surface area contributed by atoms with Gasteiger partial charge in [-0.15, -0.1) is 11.3 Å². The van der Waals surface area contributed by atoms with Crippen LogP contribution in [-0.4, -0.2) is 17.1 Å². The third-order valence-electron chi connectivity index (χ3n) is 2.34. The zero-order valence-corrected chi connectivity index (χ0v) is 11.3. The zero-order chi connectivity index (χ0) is 13.8. The molecule has 0 saturated heterocycles. The Balaban J connectivity index is 2.03. The van der Waals surface area contributed by atoms with Crippen LogP contribution in [0.15, 0.2) is 29.4 Å². The number of nitrogens with one attached hydrogen (secondary N) is 1. The zero-order valence-electron chi connectivity index (χ0n) is 10.5. The van der Waals surface area contributed by atoms with E-state index in [0.717, 1.165) is 5.01 Å². The van der Waals surface area contributed by atoms with Crippen molar-refractivity contribution < 1.29 is 9.18 Å². The second-order valence-corrected chi connectivity index (χ2v) is 5.10. The fourth-order valence-electron chi connectivity index (χ4n) is 1.55. The maximum atomic E-state index is 12.9. The van der Waals surface area contributed by atoms with Crippen molar-refractivity contribution in [3.63, 3.8) is 0 Å². The van der Waals surface area contributed by atoms with E-state index in [4.69, 9.17) is 0 Å². The van der Waals surface area contributed by atoms with Gasteiger partial charge in [0.15, 0.2) is 0 Å². The van der Waals surface area contributed by atoms with Crippen molar-refractivity contribution in [1.82, 2.24) is 10.4 Å². The number of hydrogen-bond acceptors (Lipinski definition) is 4. The lowest BCUT2D eigenvalue weighted by Crippen LogP contribution is -2.17. The number of rotatable bonds is 3. The lowest BCUT2D eigenvalue weighted by molar-refractivity contribution is 0.0958. The molecule has 4 nitrogen and oxygen atoms in total. The Morgan fingerprint density at radius 2 is 2.26 bits per heavy atom. The smallest absolute Gasteiger partial charge is 0.266 e. The van der Waals surface area contributed by atoms with Gasteiger partial charge in [0.25, 0.3) is 5.91 Å². The molecule has 1 aromatic heterocycles.